The molecule has 1 saturated heterocycles. The van der Waals surface area contributed by atoms with E-state index in [0.717, 1.165) is 23.9 Å². The van der Waals surface area contributed by atoms with E-state index in [2.05, 4.69) is 66.3 Å². The highest BCUT2D eigenvalue weighted by molar-refractivity contribution is 6.74. The zero-order chi connectivity index (χ0) is 35.6. The van der Waals surface area contributed by atoms with Gasteiger partial charge in [0.25, 0.3) is 0 Å². The van der Waals surface area contributed by atoms with E-state index in [1.165, 1.54) is 6.07 Å². The van der Waals surface area contributed by atoms with E-state index >= 15 is 0 Å². The number of carbonyl (C=O) groups excluding carboxylic acids is 1. The Balaban J connectivity index is 1.59. The highest BCUT2D eigenvalue weighted by Crippen LogP contribution is 2.40. The number of hydrogen-bond acceptors (Lipinski definition) is 8. The van der Waals surface area contributed by atoms with E-state index in [9.17, 15) is 23.1 Å². The maximum atomic E-state index is 14.8. The Morgan fingerprint density at radius 2 is 1.71 bits per heavy atom. The van der Waals surface area contributed by atoms with Gasteiger partial charge in [-0.25, -0.2) is 22.9 Å². The summed E-state index contributed by atoms with van der Waals surface area (Å²) < 4.78 is 56.9. The highest BCUT2D eigenvalue weighted by atomic mass is 28.4. The molecule has 3 aromatic rings. The van der Waals surface area contributed by atoms with Crippen molar-refractivity contribution in [3.8, 4) is 11.3 Å². The topological polar surface area (TPSA) is 109 Å². The lowest BCUT2D eigenvalue weighted by Gasteiger charge is -2.48. The zero-order valence-corrected chi connectivity index (χ0v) is 30.2. The third-order valence-electron chi connectivity index (χ3n) is 8.85. The molecular weight excluding hydrogens is 639 g/mol. The van der Waals surface area contributed by atoms with Crippen LogP contribution in [0.1, 0.15) is 59.7 Å². The second kappa shape index (κ2) is 14.4. The lowest BCUT2D eigenvalue weighted by atomic mass is 9.92. The molecule has 4 rings (SSSR count). The molecule has 48 heavy (non-hydrogen) atoms. The number of nitrogens with one attached hydrogen (secondary N) is 2. The second-order valence-corrected chi connectivity index (χ2v) is 19.7. The van der Waals surface area contributed by atoms with E-state index in [1.54, 1.807) is 12.4 Å². The predicted molar refractivity (Wildman–Crippen MR) is 184 cm³/mol. The number of halogens is 3. The van der Waals surface area contributed by atoms with Gasteiger partial charge in [0.15, 0.2) is 8.32 Å². The van der Waals surface area contributed by atoms with Gasteiger partial charge in [-0.15, -0.1) is 0 Å². The molecule has 1 unspecified atom stereocenters. The number of rotatable bonds is 9. The standard InChI is InChI=1S/C35H48F3N5O4Si/c1-21-18-43(19-28(42-33(45)46-34(2,3)4)32(21)47-48(8,9)35(5,6)7)29-12-13-39-17-27(29)40-16-23-10-11-24(36)31(41-23)30-25(37)14-22(20-44)15-26(30)38/h10-15,17,21,28,32,40,44H,16,18-20H2,1-9H3,(H,42,45)/t21-,28+,32?/m0/s1. The van der Waals surface area contributed by atoms with Crippen molar-refractivity contribution < 1.29 is 32.2 Å². The molecule has 1 amide bonds. The summed E-state index contributed by atoms with van der Waals surface area (Å²) in [5, 5.41) is 15.6. The van der Waals surface area contributed by atoms with Crippen molar-refractivity contribution in [2.75, 3.05) is 23.3 Å². The van der Waals surface area contributed by atoms with Crippen molar-refractivity contribution in [2.45, 2.75) is 97.5 Å². The molecule has 3 atom stereocenters. The maximum absolute atomic E-state index is 14.8. The van der Waals surface area contributed by atoms with Gasteiger partial charge in [0, 0.05) is 25.2 Å². The molecule has 0 spiro atoms. The molecule has 0 bridgehead atoms. The predicted octanol–water partition coefficient (Wildman–Crippen LogP) is 7.41. The van der Waals surface area contributed by atoms with Gasteiger partial charge in [-0.1, -0.05) is 27.7 Å². The molecule has 1 aliphatic rings. The maximum Gasteiger partial charge on any atom is 0.408 e. The van der Waals surface area contributed by atoms with Gasteiger partial charge >= 0.3 is 6.09 Å². The van der Waals surface area contributed by atoms with E-state index < -0.39 is 55.3 Å². The molecule has 13 heteroatoms. The smallest absolute Gasteiger partial charge is 0.408 e. The fraction of sp³-hybridized carbons (Fsp3) is 0.514. The quantitative estimate of drug-likeness (QED) is 0.200. The number of nitrogens with zero attached hydrogens (tertiary/aromatic N) is 3. The molecule has 262 valence electrons. The minimum Gasteiger partial charge on any atom is -0.444 e. The van der Waals surface area contributed by atoms with Crippen molar-refractivity contribution in [1.82, 2.24) is 15.3 Å². The first-order valence-electron chi connectivity index (χ1n) is 16.1. The Bertz CT molecular complexity index is 1590. The van der Waals surface area contributed by atoms with Crippen LogP contribution in [0.2, 0.25) is 18.1 Å². The van der Waals surface area contributed by atoms with Gasteiger partial charge in [0.2, 0.25) is 0 Å². The van der Waals surface area contributed by atoms with Crippen molar-refractivity contribution in [2.24, 2.45) is 5.92 Å². The number of amides is 1. The van der Waals surface area contributed by atoms with Crippen molar-refractivity contribution in [3.05, 3.63) is 71.4 Å². The minimum atomic E-state index is -2.21. The van der Waals surface area contributed by atoms with Gasteiger partial charge < -0.3 is 29.8 Å². The fourth-order valence-corrected chi connectivity index (χ4v) is 6.88. The Morgan fingerprint density at radius 3 is 2.31 bits per heavy atom. The van der Waals surface area contributed by atoms with Crippen LogP contribution in [0.3, 0.4) is 0 Å². The zero-order valence-electron chi connectivity index (χ0n) is 29.2. The second-order valence-electron chi connectivity index (χ2n) is 14.9. The summed E-state index contributed by atoms with van der Waals surface area (Å²) in [4.78, 5) is 23.7. The number of aliphatic hydroxyl groups is 1. The molecule has 3 heterocycles. The van der Waals surface area contributed by atoms with Crippen LogP contribution in [-0.4, -0.2) is 60.3 Å². The first kappa shape index (κ1) is 37.1. The number of carbonyl (C=O) groups is 1. The minimum absolute atomic E-state index is 0.0252. The Hall–Kier alpha value is -3.68. The number of aromatic nitrogens is 2. The van der Waals surface area contributed by atoms with E-state index in [-0.39, 0.29) is 35.2 Å². The van der Waals surface area contributed by atoms with Crippen molar-refractivity contribution in [3.63, 3.8) is 0 Å². The van der Waals surface area contributed by atoms with E-state index in [1.807, 2.05) is 26.8 Å². The van der Waals surface area contributed by atoms with Crippen molar-refractivity contribution in [1.29, 1.82) is 0 Å². The van der Waals surface area contributed by atoms with E-state index in [0.29, 0.717) is 24.5 Å². The van der Waals surface area contributed by atoms with Gasteiger partial charge in [-0.2, -0.15) is 0 Å². The number of anilines is 2. The first-order valence-corrected chi connectivity index (χ1v) is 19.0. The Kier molecular flexibility index (Phi) is 11.2. The molecule has 0 radical (unpaired) electrons. The molecular formula is C35H48F3N5O4Si. The normalized spacial score (nSPS) is 18.9. The molecule has 9 nitrogen and oxygen atoms in total. The number of alkyl carbamates (subject to hydrolysis) is 1. The molecule has 0 aliphatic carbocycles. The van der Waals surface area contributed by atoms with Gasteiger partial charge in [0.05, 0.1) is 54.1 Å². The summed E-state index contributed by atoms with van der Waals surface area (Å²) in [6.45, 7) is 19.1. The summed E-state index contributed by atoms with van der Waals surface area (Å²) in [7, 11) is -2.21. The SMILES string of the molecule is C[C@H]1CN(c2ccncc2NCc2ccc(F)c(-c3c(F)cc(CO)cc3F)n2)C[C@@H](NC(=O)OC(C)(C)C)C1O[Si](C)(C)C(C)(C)C. The van der Waals surface area contributed by atoms with Crippen LogP contribution in [0.4, 0.5) is 29.3 Å². The number of benzene rings is 1. The number of pyridine rings is 2. The number of piperidine rings is 1. The average molecular weight is 688 g/mol. The molecule has 1 aliphatic heterocycles. The summed E-state index contributed by atoms with van der Waals surface area (Å²) in [5.74, 6) is -2.89. The Morgan fingerprint density at radius 1 is 1.04 bits per heavy atom. The van der Waals surface area contributed by atoms with E-state index in [4.69, 9.17) is 9.16 Å². The summed E-state index contributed by atoms with van der Waals surface area (Å²) in [6, 6.07) is 5.95. The van der Waals surface area contributed by atoms with Crippen LogP contribution in [0.15, 0.2) is 42.7 Å². The molecule has 2 aromatic heterocycles. The van der Waals surface area contributed by atoms with Gasteiger partial charge in [-0.3, -0.25) is 4.98 Å². The highest BCUT2D eigenvalue weighted by Gasteiger charge is 2.45. The lowest BCUT2D eigenvalue weighted by Crippen LogP contribution is -2.62. The van der Waals surface area contributed by atoms with Crippen LogP contribution >= 0.6 is 0 Å². The number of ether oxygens (including phenoxy) is 1. The largest absolute Gasteiger partial charge is 0.444 e. The third-order valence-corrected chi connectivity index (χ3v) is 13.3. The summed E-state index contributed by atoms with van der Waals surface area (Å²) in [5.41, 5.74) is 0.105. The van der Waals surface area contributed by atoms with Crippen LogP contribution in [-0.2, 0) is 22.3 Å². The molecule has 1 aromatic carbocycles. The van der Waals surface area contributed by atoms with Gasteiger partial charge in [0.1, 0.15) is 28.7 Å². The molecule has 1 fully saturated rings. The average Bonchev–Trinajstić information content (AvgIpc) is 2.97. The molecule has 0 saturated carbocycles. The van der Waals surface area contributed by atoms with Gasteiger partial charge in [-0.05, 0) is 74.8 Å². The fourth-order valence-electron chi connectivity index (χ4n) is 5.45. The van der Waals surface area contributed by atoms with Crippen LogP contribution in [0.5, 0.6) is 0 Å². The Labute approximate surface area is 282 Å². The monoisotopic (exact) mass is 687 g/mol. The third kappa shape index (κ3) is 8.86. The van der Waals surface area contributed by atoms with Crippen LogP contribution < -0.4 is 15.5 Å². The first-order chi connectivity index (χ1) is 22.3. The summed E-state index contributed by atoms with van der Waals surface area (Å²) >= 11 is 0. The lowest BCUT2D eigenvalue weighted by molar-refractivity contribution is 0.0336. The number of hydrogen-bond donors (Lipinski definition) is 3. The number of aliphatic hydroxyl groups excluding tert-OH is 1. The van der Waals surface area contributed by atoms with Crippen LogP contribution in [0.25, 0.3) is 11.3 Å². The molecule has 3 N–H and O–H groups in total. The summed E-state index contributed by atoms with van der Waals surface area (Å²) in [6.07, 6.45) is 2.57. The van der Waals surface area contributed by atoms with Crippen LogP contribution in [0, 0.1) is 23.4 Å². The van der Waals surface area contributed by atoms with Crippen molar-refractivity contribution >= 4 is 25.8 Å².